The van der Waals surface area contributed by atoms with E-state index in [0.29, 0.717) is 0 Å². The molecule has 14 nitrogen and oxygen atoms in total. The minimum atomic E-state index is -4.92. The maximum absolute atomic E-state index is 8.63. The summed E-state index contributed by atoms with van der Waals surface area (Å²) in [5, 5.41) is 30.6. The zero-order valence-electron chi connectivity index (χ0n) is 11.7. The minimum Gasteiger partial charge on any atom is -0.726 e. The van der Waals surface area contributed by atoms with Crippen LogP contribution in [0.4, 0.5) is 9.59 Å². The van der Waals surface area contributed by atoms with Gasteiger partial charge in [0, 0.05) is 0 Å². The van der Waals surface area contributed by atoms with Crippen molar-refractivity contribution in [2.45, 2.75) is 0 Å². The van der Waals surface area contributed by atoms with Gasteiger partial charge in [0.05, 0.1) is 0 Å². The van der Waals surface area contributed by atoms with Gasteiger partial charge in [0.1, 0.15) is 0 Å². The van der Waals surface area contributed by atoms with Crippen molar-refractivity contribution in [1.29, 1.82) is 0 Å². The van der Waals surface area contributed by atoms with E-state index < -0.39 is 33.1 Å². The summed E-state index contributed by atoms with van der Waals surface area (Å²) >= 11 is 0. The molecule has 0 saturated carbocycles. The normalized spacial score (nSPS) is 7.45. The molecule has 0 fully saturated rings. The van der Waals surface area contributed by atoms with Crippen molar-refractivity contribution in [2.75, 3.05) is 0 Å². The van der Waals surface area contributed by atoms with Gasteiger partial charge >= 0.3 is 162 Å². The van der Waals surface area contributed by atoms with Crippen LogP contribution in [-0.2, 0) is 20.8 Å². The van der Waals surface area contributed by atoms with Crippen molar-refractivity contribution in [2.24, 2.45) is 0 Å². The van der Waals surface area contributed by atoms with Crippen molar-refractivity contribution in [3.63, 3.8) is 0 Å². The van der Waals surface area contributed by atoms with Crippen LogP contribution in [0.2, 0.25) is 0 Å². The monoisotopic (exact) mass is 440 g/mol. The van der Waals surface area contributed by atoms with Crippen LogP contribution in [0.1, 0.15) is 0 Å². The molecule has 22 heavy (non-hydrogen) atoms. The van der Waals surface area contributed by atoms with Gasteiger partial charge in [-0.05, 0) is 0 Å². The Labute approximate surface area is 254 Å². The van der Waals surface area contributed by atoms with E-state index in [-0.39, 0.29) is 162 Å². The Hall–Kier alpha value is 3.55. The molecule has 112 valence electrons. The second-order valence-corrected chi connectivity index (χ2v) is 3.10. The van der Waals surface area contributed by atoms with Crippen molar-refractivity contribution in [3.05, 3.63) is 0 Å². The van der Waals surface area contributed by atoms with Gasteiger partial charge < -0.3 is 39.1 Å². The van der Waals surface area contributed by atoms with Crippen molar-refractivity contribution < 1.29 is 227 Å². The van der Waals surface area contributed by atoms with E-state index in [1.807, 2.05) is 0 Å². The van der Waals surface area contributed by atoms with E-state index in [4.69, 9.17) is 65.1 Å². The second-order valence-electron chi connectivity index (χ2n) is 1.39. The van der Waals surface area contributed by atoms with E-state index in [0.717, 1.165) is 0 Å². The van der Waals surface area contributed by atoms with Gasteiger partial charge in [-0.25, -0.2) is 16.8 Å². The largest absolute Gasteiger partial charge is 1.00 e. The third-order valence-corrected chi connectivity index (χ3v) is 0. The molecule has 0 unspecified atom stereocenters. The third kappa shape index (κ3) is 949. The first-order valence-corrected chi connectivity index (χ1v) is 5.36. The van der Waals surface area contributed by atoms with Gasteiger partial charge in [-0.2, -0.15) is 0 Å². The zero-order valence-corrected chi connectivity index (χ0v) is 23.6. The van der Waals surface area contributed by atoms with Crippen LogP contribution in [0.5, 0.6) is 0 Å². The molecule has 0 rings (SSSR count). The fourth-order valence-electron chi connectivity index (χ4n) is 0. The van der Waals surface area contributed by atoms with Crippen LogP contribution < -0.4 is 172 Å². The Kier molecular flexibility index (Phi) is 66.6. The predicted molar refractivity (Wildman–Crippen MR) is 40.7 cm³/mol. The van der Waals surface area contributed by atoms with E-state index in [9.17, 15) is 0 Å². The van der Waals surface area contributed by atoms with E-state index in [2.05, 4.69) is 0 Å². The molecule has 0 aromatic rings. The number of hydrogen-bond donors (Lipinski definition) is 4. The van der Waals surface area contributed by atoms with Gasteiger partial charge in [0.25, 0.3) is 0 Å². The Morgan fingerprint density at radius 1 is 0.682 bits per heavy atom. The molecule has 0 aromatic carbocycles. The van der Waals surface area contributed by atoms with Crippen molar-refractivity contribution in [1.82, 2.24) is 0 Å². The van der Waals surface area contributed by atoms with Crippen LogP contribution in [-0.4, -0.2) is 57.6 Å². The van der Waals surface area contributed by atoms with Gasteiger partial charge in [0.2, 0.25) is 33.1 Å². The Morgan fingerprint density at radius 3 is 0.682 bits per heavy atom. The topological polar surface area (TPSA) is 276 Å². The first kappa shape index (κ1) is 50.0. The molecule has 0 radical (unpaired) electrons. The summed E-state index contributed by atoms with van der Waals surface area (Å²) in [7, 11) is -9.83. The van der Waals surface area contributed by atoms with Crippen LogP contribution in [0, 0.1) is 0 Å². The van der Waals surface area contributed by atoms with Crippen LogP contribution >= 0.6 is 0 Å². The minimum absolute atomic E-state index is 0. The maximum atomic E-state index is 8.63. The van der Waals surface area contributed by atoms with E-state index in [1.165, 1.54) is 0 Å². The molecule has 0 bridgehead atoms. The first-order valence-electron chi connectivity index (χ1n) is 2.63. The molecule has 0 aliphatic heterocycles. The molecule has 0 amide bonds. The van der Waals surface area contributed by atoms with Gasteiger partial charge in [-0.15, -0.1) is 0 Å². The summed E-state index contributed by atoms with van der Waals surface area (Å²) < 4.78 is 65.7. The average Bonchev–Trinajstić information content (AvgIpc) is 1.70. The smallest absolute Gasteiger partial charge is 0.726 e. The number of rotatable bonds is 0. The van der Waals surface area contributed by atoms with Gasteiger partial charge in [0.15, 0.2) is 0 Å². The summed E-state index contributed by atoms with van der Waals surface area (Å²) in [6.07, 6.45) is -4.17. The Balaban J connectivity index is -0.0000000188. The third-order valence-electron chi connectivity index (χ3n) is 0. The summed E-state index contributed by atoms with van der Waals surface area (Å²) in [5.41, 5.74) is 0. The molecule has 0 aliphatic rings. The van der Waals surface area contributed by atoms with Crippen LogP contribution in [0.25, 0.3) is 0 Å². The first-order chi connectivity index (χ1) is 7.46. The summed E-state index contributed by atoms with van der Waals surface area (Å²) in [4.78, 5) is 16.9. The quantitative estimate of drug-likeness (QED) is 0.155. The fraction of sp³-hybridized carbons (Fsp3) is 0. The zero-order chi connectivity index (χ0) is 16.2. The van der Waals surface area contributed by atoms with Crippen LogP contribution in [0.15, 0.2) is 0 Å². The second kappa shape index (κ2) is 29.3. The fourth-order valence-corrected chi connectivity index (χ4v) is 0. The number of carbonyl (C=O) groups is 2. The molecule has 0 spiro atoms. The molecule has 0 saturated heterocycles. The molecule has 0 atom stereocenters. The number of hydrogen-bond acceptors (Lipinski definition) is 10. The van der Waals surface area contributed by atoms with E-state index >= 15 is 0 Å². The molecular weight excluding hydrogens is 436 g/mol. The van der Waals surface area contributed by atoms with Crippen molar-refractivity contribution in [3.8, 4) is 0 Å². The molecule has 0 heterocycles. The molecule has 0 aromatic heterocycles. The maximum Gasteiger partial charge on any atom is 1.00 e. The average molecular weight is 440 g/mol. The van der Waals surface area contributed by atoms with Crippen LogP contribution in [0.3, 0.4) is 0 Å². The van der Waals surface area contributed by atoms with Crippen molar-refractivity contribution >= 4 is 33.1 Å². The standard InChI is InChI=1S/2CH2O3.2K.2Na.2H2O4S/c2*2-1(3)4;;;;;2*1-5(2,3)4/h2*(H2,2,3,4);;;;;2*(H2,1,2,3,4)/q;;4*+1;;/p-4. The van der Waals surface area contributed by atoms with Gasteiger partial charge in [-0.1, -0.05) is 0 Å². The summed E-state index contributed by atoms with van der Waals surface area (Å²) in [6.45, 7) is 0. The van der Waals surface area contributed by atoms with Gasteiger partial charge in [-0.3, -0.25) is 9.11 Å². The van der Waals surface area contributed by atoms with E-state index in [1.54, 1.807) is 0 Å². The Morgan fingerprint density at radius 2 is 0.682 bits per heavy atom. The molecule has 0 aliphatic carbocycles. The number of carboxylic acid groups (broad SMARTS) is 4. The molecule has 4 N–H and O–H groups in total. The SMILES string of the molecule is O=C([O-])O.O=C([O-])O.O=S(=O)([O-])O.O=S(=O)([O-])O.[K+].[K+].[Na+].[Na+]. The molecule has 20 heteroatoms. The Bertz CT molecular complexity index is 364. The predicted octanol–water partition coefficient (Wildman–Crippen LogP) is -16.2. The summed E-state index contributed by atoms with van der Waals surface area (Å²) in [6, 6.07) is 0. The molecular formula is C2H4K2Na2O14S2. The summed E-state index contributed by atoms with van der Waals surface area (Å²) in [5.74, 6) is 0.